The molecule has 2 bridgehead atoms. The summed E-state index contributed by atoms with van der Waals surface area (Å²) in [6.45, 7) is 3.92. The Labute approximate surface area is 158 Å². The number of ether oxygens (including phenoxy) is 1. The molecule has 2 amide bonds. The number of fused-ring (bicyclic) bond motifs is 1. The minimum Gasteiger partial charge on any atom is -0.389 e. The van der Waals surface area contributed by atoms with Crippen LogP contribution >= 0.6 is 0 Å². The van der Waals surface area contributed by atoms with Crippen molar-refractivity contribution < 1.29 is 19.4 Å². The lowest BCUT2D eigenvalue weighted by Gasteiger charge is -2.39. The summed E-state index contributed by atoms with van der Waals surface area (Å²) in [6.07, 6.45) is 3.96. The zero-order valence-electron chi connectivity index (χ0n) is 15.4. The van der Waals surface area contributed by atoms with Gasteiger partial charge in [-0.25, -0.2) is 0 Å². The van der Waals surface area contributed by atoms with Gasteiger partial charge >= 0.3 is 0 Å². The summed E-state index contributed by atoms with van der Waals surface area (Å²) < 4.78 is 6.15. The van der Waals surface area contributed by atoms with Crippen LogP contribution in [0, 0.1) is 18.8 Å². The van der Waals surface area contributed by atoms with E-state index in [1.807, 2.05) is 17.1 Å². The smallest absolute Gasteiger partial charge is 0.230 e. The molecule has 3 fully saturated rings. The van der Waals surface area contributed by atoms with Crippen molar-refractivity contribution in [2.45, 2.75) is 31.2 Å². The van der Waals surface area contributed by atoms with Crippen LogP contribution in [0.5, 0.6) is 0 Å². The van der Waals surface area contributed by atoms with Gasteiger partial charge in [0.15, 0.2) is 0 Å². The van der Waals surface area contributed by atoms with Crippen LogP contribution in [0.25, 0.3) is 0 Å². The van der Waals surface area contributed by atoms with Gasteiger partial charge in [-0.1, -0.05) is 42.0 Å². The zero-order chi connectivity index (χ0) is 18.8. The van der Waals surface area contributed by atoms with Crippen LogP contribution in [0.3, 0.4) is 0 Å². The van der Waals surface area contributed by atoms with E-state index in [9.17, 15) is 14.7 Å². The summed E-state index contributed by atoms with van der Waals surface area (Å²) in [5, 5.41) is 9.50. The number of nitrogens with zero attached hydrogens (tertiary/aromatic N) is 2. The number of carbonyl (C=O) groups is 2. The molecule has 27 heavy (non-hydrogen) atoms. The van der Waals surface area contributed by atoms with Crippen LogP contribution in [0.1, 0.15) is 11.1 Å². The Morgan fingerprint density at radius 2 is 2.04 bits per heavy atom. The summed E-state index contributed by atoms with van der Waals surface area (Å²) in [5.74, 6) is -0.932. The Kier molecular flexibility index (Phi) is 3.71. The lowest BCUT2D eigenvalue weighted by molar-refractivity contribution is -0.151. The van der Waals surface area contributed by atoms with Gasteiger partial charge in [-0.3, -0.25) is 9.59 Å². The van der Waals surface area contributed by atoms with Crippen LogP contribution in [0.2, 0.25) is 0 Å². The molecule has 6 nitrogen and oxygen atoms in total. The zero-order valence-corrected chi connectivity index (χ0v) is 15.4. The van der Waals surface area contributed by atoms with Crippen molar-refractivity contribution in [2.24, 2.45) is 11.8 Å². The molecule has 5 rings (SSSR count). The van der Waals surface area contributed by atoms with Crippen molar-refractivity contribution in [1.82, 2.24) is 9.80 Å². The maximum Gasteiger partial charge on any atom is 0.230 e. The topological polar surface area (TPSA) is 70.1 Å². The molecular formula is C21H24N2O4. The maximum absolute atomic E-state index is 13.1. The SMILES string of the molecule is Cc1ccc(CCN2CC34C=CC(O3)C(C(=O)N3CC(O)C3)C4C2=O)cc1. The highest BCUT2D eigenvalue weighted by molar-refractivity contribution is 5.93. The molecule has 4 aliphatic rings. The number of β-amino-alcohol motifs (C(OH)–C–C–N with tert-alkyl or cyclic N) is 1. The number of aliphatic hydroxyl groups excluding tert-OH is 1. The first kappa shape index (κ1) is 17.0. The number of aliphatic hydroxyl groups is 1. The quantitative estimate of drug-likeness (QED) is 0.787. The van der Waals surface area contributed by atoms with E-state index < -0.39 is 23.5 Å². The van der Waals surface area contributed by atoms with E-state index in [0.717, 1.165) is 6.42 Å². The molecule has 4 aliphatic heterocycles. The van der Waals surface area contributed by atoms with Crippen LogP contribution in [-0.2, 0) is 20.7 Å². The molecule has 0 radical (unpaired) electrons. The first-order valence-electron chi connectivity index (χ1n) is 9.65. The van der Waals surface area contributed by atoms with Crippen molar-refractivity contribution in [3.63, 3.8) is 0 Å². The molecule has 6 heteroatoms. The van der Waals surface area contributed by atoms with Gasteiger partial charge in [0.2, 0.25) is 11.8 Å². The third kappa shape index (κ3) is 2.54. The van der Waals surface area contributed by atoms with Crippen molar-refractivity contribution in [3.05, 3.63) is 47.5 Å². The van der Waals surface area contributed by atoms with Gasteiger partial charge in [-0.05, 0) is 18.9 Å². The van der Waals surface area contributed by atoms with Crippen LogP contribution in [0.15, 0.2) is 36.4 Å². The van der Waals surface area contributed by atoms with E-state index >= 15 is 0 Å². The van der Waals surface area contributed by atoms with Gasteiger partial charge in [0, 0.05) is 19.6 Å². The third-order valence-electron chi connectivity index (χ3n) is 6.43. The van der Waals surface area contributed by atoms with E-state index in [2.05, 4.69) is 31.2 Å². The van der Waals surface area contributed by atoms with Crippen molar-refractivity contribution >= 4 is 11.8 Å². The maximum atomic E-state index is 13.1. The number of aryl methyl sites for hydroxylation is 1. The monoisotopic (exact) mass is 368 g/mol. The van der Waals surface area contributed by atoms with Crippen molar-refractivity contribution in [1.29, 1.82) is 0 Å². The molecule has 1 spiro atoms. The first-order chi connectivity index (χ1) is 13.0. The molecule has 4 heterocycles. The second-order valence-electron chi connectivity index (χ2n) is 8.29. The molecule has 0 aliphatic carbocycles. The molecule has 0 aromatic heterocycles. The Hall–Kier alpha value is -2.18. The summed E-state index contributed by atoms with van der Waals surface area (Å²) in [7, 11) is 0. The predicted octanol–water partition coefficient (Wildman–Crippen LogP) is 0.523. The molecule has 4 unspecified atom stereocenters. The lowest BCUT2D eigenvalue weighted by atomic mass is 9.76. The highest BCUT2D eigenvalue weighted by Gasteiger charge is 2.67. The van der Waals surface area contributed by atoms with Gasteiger partial charge in [0.25, 0.3) is 0 Å². The summed E-state index contributed by atoms with van der Waals surface area (Å²) >= 11 is 0. The highest BCUT2D eigenvalue weighted by Crippen LogP contribution is 2.52. The fourth-order valence-electron chi connectivity index (χ4n) is 4.91. The predicted molar refractivity (Wildman–Crippen MR) is 97.8 cm³/mol. The van der Waals surface area contributed by atoms with Crippen LogP contribution < -0.4 is 0 Å². The third-order valence-corrected chi connectivity index (χ3v) is 6.43. The molecule has 1 aromatic carbocycles. The van der Waals surface area contributed by atoms with E-state index in [0.29, 0.717) is 26.2 Å². The average molecular weight is 368 g/mol. The number of amides is 2. The Morgan fingerprint density at radius 1 is 1.30 bits per heavy atom. The van der Waals surface area contributed by atoms with Gasteiger partial charge < -0.3 is 19.6 Å². The van der Waals surface area contributed by atoms with E-state index in [1.165, 1.54) is 11.1 Å². The molecular weight excluding hydrogens is 344 g/mol. The first-order valence-corrected chi connectivity index (χ1v) is 9.65. The summed E-state index contributed by atoms with van der Waals surface area (Å²) in [5.41, 5.74) is 1.77. The number of hydrogen-bond donors (Lipinski definition) is 1. The lowest BCUT2D eigenvalue weighted by Crippen LogP contribution is -2.57. The van der Waals surface area contributed by atoms with Crippen molar-refractivity contribution in [2.75, 3.05) is 26.2 Å². The standard InChI is InChI=1S/C21H24N2O4/c1-13-2-4-14(5-3-13)7-9-22-12-21-8-6-16(27-21)17(18(21)20(22)26)19(25)23-10-15(24)11-23/h2-6,8,15-18,24H,7,9-12H2,1H3. The minimum atomic E-state index is -0.654. The van der Waals surface area contributed by atoms with Crippen LogP contribution in [0.4, 0.5) is 0 Å². The Bertz CT molecular complexity index is 814. The molecule has 142 valence electrons. The second kappa shape index (κ2) is 5.91. The van der Waals surface area contributed by atoms with Crippen molar-refractivity contribution in [3.8, 4) is 0 Å². The van der Waals surface area contributed by atoms with Gasteiger partial charge in [0.1, 0.15) is 5.60 Å². The number of carbonyl (C=O) groups excluding carboxylic acids is 2. The fraction of sp³-hybridized carbons (Fsp3) is 0.524. The van der Waals surface area contributed by atoms with Gasteiger partial charge in [-0.15, -0.1) is 0 Å². The fourth-order valence-corrected chi connectivity index (χ4v) is 4.91. The molecule has 1 N–H and O–H groups in total. The second-order valence-corrected chi connectivity index (χ2v) is 8.29. The molecule has 4 atom stereocenters. The number of hydrogen-bond acceptors (Lipinski definition) is 4. The molecule has 0 saturated carbocycles. The normalized spacial score (nSPS) is 34.3. The number of benzene rings is 1. The van der Waals surface area contributed by atoms with Gasteiger partial charge in [-0.2, -0.15) is 0 Å². The van der Waals surface area contributed by atoms with E-state index in [4.69, 9.17) is 4.74 Å². The minimum absolute atomic E-state index is 0.0217. The van der Waals surface area contributed by atoms with Gasteiger partial charge in [0.05, 0.1) is 30.6 Å². The van der Waals surface area contributed by atoms with E-state index in [-0.39, 0.29) is 17.9 Å². The summed E-state index contributed by atoms with van der Waals surface area (Å²) in [4.78, 5) is 29.5. The number of rotatable bonds is 4. The highest BCUT2D eigenvalue weighted by atomic mass is 16.5. The summed E-state index contributed by atoms with van der Waals surface area (Å²) in [6, 6.07) is 8.35. The molecule has 1 aromatic rings. The molecule has 3 saturated heterocycles. The Balaban J connectivity index is 1.32. The average Bonchev–Trinajstić information content (AvgIpc) is 3.26. The Morgan fingerprint density at radius 3 is 2.74 bits per heavy atom. The largest absolute Gasteiger partial charge is 0.389 e. The van der Waals surface area contributed by atoms with E-state index in [1.54, 1.807) is 4.90 Å². The van der Waals surface area contributed by atoms with Crippen LogP contribution in [-0.4, -0.2) is 70.7 Å². The number of likely N-dealkylation sites (tertiary alicyclic amines) is 2.